The number of aliphatic hydroxyl groups excluding tert-OH is 1. The van der Waals surface area contributed by atoms with Gasteiger partial charge in [0, 0.05) is 3.57 Å². The third kappa shape index (κ3) is 5.80. The van der Waals surface area contributed by atoms with Crippen molar-refractivity contribution in [1.82, 2.24) is 5.48 Å². The van der Waals surface area contributed by atoms with E-state index in [0.717, 1.165) is 6.07 Å². The van der Waals surface area contributed by atoms with E-state index in [1.807, 2.05) is 22.6 Å². The Morgan fingerprint density at radius 3 is 2.63 bits per heavy atom. The molecule has 0 heterocycles. The molecule has 2 aromatic rings. The first-order valence-corrected chi connectivity index (χ1v) is 9.57. The molecule has 0 bridgehead atoms. The van der Waals surface area contributed by atoms with Gasteiger partial charge in [-0.1, -0.05) is 0 Å². The molecule has 1 atom stereocenters. The lowest BCUT2D eigenvalue weighted by atomic mass is 10.1. The van der Waals surface area contributed by atoms with Gasteiger partial charge in [-0.2, -0.15) is 0 Å². The zero-order valence-corrected chi connectivity index (χ0v) is 17.7. The standard InChI is InChI=1S/C17H15BrF3IN2O3/c1-8(25)4-5-27-24-17(26)10-7-11(18)14(20)15(21)16(10)23-13-3-2-9(22)6-12(13)19/h2-3,6-8,23,25H,4-5H2,1H3,(H,24,26). The number of nitrogens with one attached hydrogen (secondary N) is 2. The second-order valence-electron chi connectivity index (χ2n) is 5.58. The van der Waals surface area contributed by atoms with E-state index in [9.17, 15) is 18.0 Å². The highest BCUT2D eigenvalue weighted by molar-refractivity contribution is 14.1. The number of hydrogen-bond acceptors (Lipinski definition) is 4. The molecule has 1 unspecified atom stereocenters. The van der Waals surface area contributed by atoms with Crippen molar-refractivity contribution in [2.75, 3.05) is 11.9 Å². The minimum absolute atomic E-state index is 0.0166. The van der Waals surface area contributed by atoms with Crippen LogP contribution in [0, 0.1) is 21.0 Å². The molecule has 0 aromatic heterocycles. The van der Waals surface area contributed by atoms with Gasteiger partial charge in [0.25, 0.3) is 5.91 Å². The Bertz CT molecular complexity index is 853. The van der Waals surface area contributed by atoms with Gasteiger partial charge in [-0.25, -0.2) is 18.7 Å². The number of halogens is 5. The third-order valence-electron chi connectivity index (χ3n) is 3.40. The van der Waals surface area contributed by atoms with Crippen molar-refractivity contribution in [3.63, 3.8) is 0 Å². The van der Waals surface area contributed by atoms with Crippen molar-refractivity contribution in [1.29, 1.82) is 0 Å². The summed E-state index contributed by atoms with van der Waals surface area (Å²) in [6, 6.07) is 5.17. The van der Waals surface area contributed by atoms with Gasteiger partial charge in [-0.05, 0) is 76.1 Å². The molecule has 5 nitrogen and oxygen atoms in total. The van der Waals surface area contributed by atoms with E-state index in [1.165, 1.54) is 12.1 Å². The van der Waals surface area contributed by atoms with Crippen LogP contribution in [0.2, 0.25) is 0 Å². The van der Waals surface area contributed by atoms with Crippen molar-refractivity contribution < 1.29 is 27.9 Å². The van der Waals surface area contributed by atoms with Gasteiger partial charge in [-0.3, -0.25) is 9.63 Å². The van der Waals surface area contributed by atoms with Crippen LogP contribution in [-0.2, 0) is 4.84 Å². The lowest BCUT2D eigenvalue weighted by Gasteiger charge is -2.15. The van der Waals surface area contributed by atoms with E-state index in [2.05, 4.69) is 26.7 Å². The fraction of sp³-hybridized carbons (Fsp3) is 0.235. The SMILES string of the molecule is CC(O)CCONC(=O)c1cc(Br)c(F)c(F)c1Nc1ccc(I)cc1F. The fourth-order valence-electron chi connectivity index (χ4n) is 2.02. The highest BCUT2D eigenvalue weighted by Gasteiger charge is 2.23. The number of benzene rings is 2. The largest absolute Gasteiger partial charge is 0.393 e. The molecule has 3 N–H and O–H groups in total. The van der Waals surface area contributed by atoms with Crippen molar-refractivity contribution in [2.45, 2.75) is 19.4 Å². The highest BCUT2D eigenvalue weighted by Crippen LogP contribution is 2.32. The summed E-state index contributed by atoms with van der Waals surface area (Å²) in [6.07, 6.45) is -0.360. The Labute approximate surface area is 175 Å². The molecule has 0 saturated carbocycles. The predicted octanol–water partition coefficient (Wildman–Crippen LogP) is 4.65. The van der Waals surface area contributed by atoms with Gasteiger partial charge in [-0.15, -0.1) is 0 Å². The summed E-state index contributed by atoms with van der Waals surface area (Å²) in [5, 5.41) is 11.6. The summed E-state index contributed by atoms with van der Waals surface area (Å²) in [5.41, 5.74) is 1.13. The quantitative estimate of drug-likeness (QED) is 0.200. The topological polar surface area (TPSA) is 70.6 Å². The van der Waals surface area contributed by atoms with Crippen molar-refractivity contribution in [3.05, 3.63) is 55.3 Å². The molecule has 1 amide bonds. The Hall–Kier alpha value is -1.37. The number of carbonyl (C=O) groups is 1. The number of hydrogen-bond donors (Lipinski definition) is 3. The first kappa shape index (κ1) is 21.9. The third-order valence-corrected chi connectivity index (χ3v) is 4.65. The first-order chi connectivity index (χ1) is 12.7. The van der Waals surface area contributed by atoms with Gasteiger partial charge in [0.05, 0.1) is 34.1 Å². The zero-order valence-electron chi connectivity index (χ0n) is 14.0. The minimum atomic E-state index is -1.35. The van der Waals surface area contributed by atoms with Crippen molar-refractivity contribution in [2.24, 2.45) is 0 Å². The lowest BCUT2D eigenvalue weighted by molar-refractivity contribution is 0.0187. The van der Waals surface area contributed by atoms with Gasteiger partial charge in [0.2, 0.25) is 0 Å². The van der Waals surface area contributed by atoms with Crippen LogP contribution in [0.25, 0.3) is 0 Å². The average Bonchev–Trinajstić information content (AvgIpc) is 2.60. The van der Waals surface area contributed by atoms with Crippen LogP contribution in [0.4, 0.5) is 24.5 Å². The minimum Gasteiger partial charge on any atom is -0.393 e. The smallest absolute Gasteiger partial charge is 0.277 e. The van der Waals surface area contributed by atoms with Crippen LogP contribution in [0.15, 0.2) is 28.7 Å². The van der Waals surface area contributed by atoms with Crippen LogP contribution in [0.5, 0.6) is 0 Å². The number of anilines is 2. The molecular formula is C17H15BrF3IN2O3. The van der Waals surface area contributed by atoms with Crippen LogP contribution < -0.4 is 10.8 Å². The fourth-order valence-corrected chi connectivity index (χ4v) is 2.88. The molecule has 146 valence electrons. The van der Waals surface area contributed by atoms with E-state index in [-0.39, 0.29) is 28.8 Å². The molecule has 0 aliphatic rings. The first-order valence-electron chi connectivity index (χ1n) is 7.70. The molecular weight excluding hydrogens is 544 g/mol. The molecule has 10 heteroatoms. The predicted molar refractivity (Wildman–Crippen MR) is 106 cm³/mol. The number of aliphatic hydroxyl groups is 1. The van der Waals surface area contributed by atoms with E-state index in [1.54, 1.807) is 13.0 Å². The Morgan fingerprint density at radius 2 is 2.00 bits per heavy atom. The molecule has 0 spiro atoms. The van der Waals surface area contributed by atoms with Gasteiger partial charge in [0.1, 0.15) is 5.82 Å². The highest BCUT2D eigenvalue weighted by atomic mass is 127. The molecule has 2 aromatic carbocycles. The van der Waals surface area contributed by atoms with Gasteiger partial charge in [0.15, 0.2) is 11.6 Å². The summed E-state index contributed by atoms with van der Waals surface area (Å²) in [7, 11) is 0. The number of hydroxylamine groups is 1. The van der Waals surface area contributed by atoms with E-state index < -0.39 is 35.2 Å². The van der Waals surface area contributed by atoms with E-state index in [0.29, 0.717) is 3.57 Å². The maximum absolute atomic E-state index is 14.4. The van der Waals surface area contributed by atoms with Gasteiger partial charge < -0.3 is 10.4 Å². The number of carbonyl (C=O) groups excluding carboxylic acids is 1. The average molecular weight is 559 g/mol. The molecule has 0 aliphatic heterocycles. The van der Waals surface area contributed by atoms with Gasteiger partial charge >= 0.3 is 0 Å². The maximum atomic E-state index is 14.4. The molecule has 0 saturated heterocycles. The molecule has 2 rings (SSSR count). The normalized spacial score (nSPS) is 12.0. The molecule has 0 aliphatic carbocycles. The Morgan fingerprint density at radius 1 is 1.30 bits per heavy atom. The summed E-state index contributed by atoms with van der Waals surface area (Å²) in [5.74, 6) is -4.13. The number of rotatable bonds is 7. The van der Waals surface area contributed by atoms with E-state index >= 15 is 0 Å². The van der Waals surface area contributed by atoms with Crippen LogP contribution in [-0.4, -0.2) is 23.7 Å². The van der Waals surface area contributed by atoms with Crippen LogP contribution >= 0.6 is 38.5 Å². The van der Waals surface area contributed by atoms with Crippen molar-refractivity contribution >= 4 is 55.8 Å². The summed E-state index contributed by atoms with van der Waals surface area (Å²) in [6.45, 7) is 1.57. The van der Waals surface area contributed by atoms with E-state index in [4.69, 9.17) is 9.94 Å². The lowest BCUT2D eigenvalue weighted by Crippen LogP contribution is -2.26. The molecule has 0 radical (unpaired) electrons. The van der Waals surface area contributed by atoms with Crippen LogP contribution in [0.1, 0.15) is 23.7 Å². The molecule has 0 fully saturated rings. The second kappa shape index (κ2) is 9.71. The summed E-state index contributed by atoms with van der Waals surface area (Å²) in [4.78, 5) is 17.2. The monoisotopic (exact) mass is 558 g/mol. The Kier molecular flexibility index (Phi) is 7.89. The Balaban J connectivity index is 2.32. The summed E-state index contributed by atoms with van der Waals surface area (Å²) < 4.78 is 42.8. The van der Waals surface area contributed by atoms with Crippen LogP contribution in [0.3, 0.4) is 0 Å². The zero-order chi connectivity index (χ0) is 20.1. The van der Waals surface area contributed by atoms with Crippen molar-refractivity contribution in [3.8, 4) is 0 Å². The second-order valence-corrected chi connectivity index (χ2v) is 7.68. The molecule has 27 heavy (non-hydrogen) atoms. The number of amides is 1. The maximum Gasteiger partial charge on any atom is 0.277 e. The summed E-state index contributed by atoms with van der Waals surface area (Å²) >= 11 is 4.74.